The third-order valence-corrected chi connectivity index (χ3v) is 5.17. The summed E-state index contributed by atoms with van der Waals surface area (Å²) in [6.45, 7) is 1.44. The quantitative estimate of drug-likeness (QED) is 0.525. The van der Waals surface area contributed by atoms with E-state index in [1.807, 2.05) is 47.5 Å². The Morgan fingerprint density at radius 2 is 1.86 bits per heavy atom. The zero-order chi connectivity index (χ0) is 19.8. The number of likely N-dealkylation sites (tertiary alicyclic amines) is 1. The minimum absolute atomic E-state index is 0.0766. The summed E-state index contributed by atoms with van der Waals surface area (Å²) in [6.07, 6.45) is 7.47. The Bertz CT molecular complexity index is 772. The highest BCUT2D eigenvalue weighted by Crippen LogP contribution is 2.24. The fourth-order valence-corrected chi connectivity index (χ4v) is 3.51. The molecular weight excluding hydrogens is 356 g/mol. The number of piperidine rings is 1. The highest BCUT2D eigenvalue weighted by molar-refractivity contribution is 5.89. The summed E-state index contributed by atoms with van der Waals surface area (Å²) in [7, 11) is 0. The normalized spacial score (nSPS) is 14.5. The molecule has 1 aliphatic rings. The van der Waals surface area contributed by atoms with E-state index in [9.17, 15) is 9.59 Å². The van der Waals surface area contributed by atoms with Crippen molar-refractivity contribution in [2.75, 3.05) is 18.4 Å². The first-order chi connectivity index (χ1) is 13.7. The number of nitrogens with one attached hydrogen (secondary N) is 2. The predicted molar refractivity (Wildman–Crippen MR) is 107 cm³/mol. The Morgan fingerprint density at radius 3 is 2.50 bits per heavy atom. The fraction of sp³-hybridized carbons (Fsp3) is 0.381. The lowest BCUT2D eigenvalue weighted by Gasteiger charge is -2.32. The first-order valence-electron chi connectivity index (χ1n) is 9.65. The average Bonchev–Trinajstić information content (AvgIpc) is 2.75. The van der Waals surface area contributed by atoms with Gasteiger partial charge in [0.25, 0.3) is 0 Å². The minimum atomic E-state index is -0.341. The van der Waals surface area contributed by atoms with E-state index in [1.165, 1.54) is 0 Å². The van der Waals surface area contributed by atoms with Gasteiger partial charge in [0.2, 0.25) is 5.91 Å². The van der Waals surface area contributed by atoms with Gasteiger partial charge in [-0.2, -0.15) is 0 Å². The lowest BCUT2D eigenvalue weighted by atomic mass is 9.91. The van der Waals surface area contributed by atoms with Gasteiger partial charge < -0.3 is 10.2 Å². The Morgan fingerprint density at radius 1 is 1.11 bits per heavy atom. The van der Waals surface area contributed by atoms with Gasteiger partial charge in [-0.25, -0.2) is 10.3 Å². The summed E-state index contributed by atoms with van der Waals surface area (Å²) in [5.41, 5.74) is 4.53. The van der Waals surface area contributed by atoms with Crippen molar-refractivity contribution in [3.8, 4) is 11.1 Å². The highest BCUT2D eigenvalue weighted by atomic mass is 16.5. The molecule has 28 heavy (non-hydrogen) atoms. The Balaban J connectivity index is 1.44. The van der Waals surface area contributed by atoms with Crippen LogP contribution in [0, 0.1) is 5.92 Å². The molecule has 3 N–H and O–H groups in total. The molecule has 0 atom stereocenters. The van der Waals surface area contributed by atoms with Crippen LogP contribution in [0.3, 0.4) is 0 Å². The molecule has 0 aliphatic carbocycles. The molecular formula is C21H26N4O3. The third-order valence-electron chi connectivity index (χ3n) is 5.17. The Labute approximate surface area is 164 Å². The molecule has 7 heteroatoms. The molecule has 1 saturated heterocycles. The number of hydrogen-bond acceptors (Lipinski definition) is 4. The molecule has 0 radical (unpaired) electrons. The second-order valence-electron chi connectivity index (χ2n) is 7.11. The number of carbonyl (C=O) groups excluding carboxylic acids is 2. The minimum Gasteiger partial charge on any atom is -0.325 e. The third kappa shape index (κ3) is 5.53. The molecule has 7 nitrogen and oxygen atoms in total. The molecule has 1 aromatic heterocycles. The van der Waals surface area contributed by atoms with Crippen LogP contribution in [-0.2, 0) is 4.79 Å². The summed E-state index contributed by atoms with van der Waals surface area (Å²) in [5.74, 6) is 0.181. The van der Waals surface area contributed by atoms with Crippen molar-refractivity contribution in [2.45, 2.75) is 32.1 Å². The number of carbonyl (C=O) groups is 2. The largest absolute Gasteiger partial charge is 0.325 e. The van der Waals surface area contributed by atoms with Gasteiger partial charge in [0, 0.05) is 37.6 Å². The summed E-state index contributed by atoms with van der Waals surface area (Å²) >= 11 is 0. The topological polar surface area (TPSA) is 94.6 Å². The van der Waals surface area contributed by atoms with E-state index in [0.29, 0.717) is 12.3 Å². The number of aromatic nitrogens is 1. The van der Waals surface area contributed by atoms with Crippen molar-refractivity contribution in [1.29, 1.82) is 0 Å². The van der Waals surface area contributed by atoms with Crippen LogP contribution in [0.4, 0.5) is 10.5 Å². The molecule has 0 bridgehead atoms. The zero-order valence-electron chi connectivity index (χ0n) is 15.8. The number of pyridine rings is 1. The molecule has 2 heterocycles. The second kappa shape index (κ2) is 9.85. The van der Waals surface area contributed by atoms with Gasteiger partial charge in [0.1, 0.15) is 0 Å². The Hall–Kier alpha value is -2.93. The van der Waals surface area contributed by atoms with Crippen LogP contribution in [0.25, 0.3) is 11.1 Å². The maximum absolute atomic E-state index is 12.5. The van der Waals surface area contributed by atoms with E-state index >= 15 is 0 Å². The van der Waals surface area contributed by atoms with Crippen LogP contribution in [0.15, 0.2) is 48.8 Å². The van der Waals surface area contributed by atoms with Gasteiger partial charge in [-0.05, 0) is 60.9 Å². The number of benzene rings is 1. The SMILES string of the molecule is O=C(CCCC1CCN(C(=O)Nc2ccc(-c3cccnc3)cc2)CC1)NO. The molecule has 2 aromatic rings. The van der Waals surface area contributed by atoms with Crippen molar-refractivity contribution in [2.24, 2.45) is 5.92 Å². The summed E-state index contributed by atoms with van der Waals surface area (Å²) in [4.78, 5) is 29.5. The Kier molecular flexibility index (Phi) is 6.97. The fourth-order valence-electron chi connectivity index (χ4n) is 3.51. The molecule has 3 rings (SSSR count). The summed E-state index contributed by atoms with van der Waals surface area (Å²) < 4.78 is 0. The van der Waals surface area contributed by atoms with Crippen LogP contribution in [0.1, 0.15) is 32.1 Å². The molecule has 1 fully saturated rings. The molecule has 1 aliphatic heterocycles. The van der Waals surface area contributed by atoms with E-state index in [1.54, 1.807) is 11.7 Å². The van der Waals surface area contributed by atoms with E-state index in [2.05, 4.69) is 10.3 Å². The van der Waals surface area contributed by atoms with Crippen molar-refractivity contribution >= 4 is 17.6 Å². The van der Waals surface area contributed by atoms with Crippen LogP contribution >= 0.6 is 0 Å². The molecule has 148 valence electrons. The van der Waals surface area contributed by atoms with Gasteiger partial charge in [-0.15, -0.1) is 0 Å². The molecule has 0 saturated carbocycles. The van der Waals surface area contributed by atoms with E-state index in [0.717, 1.165) is 55.6 Å². The van der Waals surface area contributed by atoms with Gasteiger partial charge in [0.15, 0.2) is 0 Å². The predicted octanol–water partition coefficient (Wildman–Crippen LogP) is 3.67. The van der Waals surface area contributed by atoms with Gasteiger partial charge in [-0.3, -0.25) is 15.0 Å². The second-order valence-corrected chi connectivity index (χ2v) is 7.11. The zero-order valence-corrected chi connectivity index (χ0v) is 15.8. The molecule has 3 amide bonds. The van der Waals surface area contributed by atoms with Gasteiger partial charge in [-0.1, -0.05) is 18.2 Å². The standard InChI is InChI=1S/C21H26N4O3/c26-20(24-28)5-1-3-16-10-13-25(14-11-16)21(27)23-19-8-6-17(7-9-19)18-4-2-12-22-15-18/h2,4,6-9,12,15-16,28H,1,3,5,10-11,13-14H2,(H,23,27)(H,24,26). The number of rotatable bonds is 6. The number of amides is 3. The number of anilines is 1. The first-order valence-corrected chi connectivity index (χ1v) is 9.65. The molecule has 1 aromatic carbocycles. The van der Waals surface area contributed by atoms with Gasteiger partial charge >= 0.3 is 6.03 Å². The van der Waals surface area contributed by atoms with Crippen molar-refractivity contribution in [3.05, 3.63) is 48.8 Å². The summed E-state index contributed by atoms with van der Waals surface area (Å²) in [5, 5.41) is 11.5. The number of nitrogens with zero attached hydrogens (tertiary/aromatic N) is 2. The number of urea groups is 1. The number of hydroxylamine groups is 1. The maximum Gasteiger partial charge on any atom is 0.321 e. The van der Waals surface area contributed by atoms with Crippen molar-refractivity contribution < 1.29 is 14.8 Å². The van der Waals surface area contributed by atoms with E-state index < -0.39 is 0 Å². The van der Waals surface area contributed by atoms with Crippen LogP contribution in [0.2, 0.25) is 0 Å². The lowest BCUT2D eigenvalue weighted by molar-refractivity contribution is -0.129. The highest BCUT2D eigenvalue weighted by Gasteiger charge is 2.22. The monoisotopic (exact) mass is 382 g/mol. The van der Waals surface area contributed by atoms with Crippen molar-refractivity contribution in [1.82, 2.24) is 15.4 Å². The van der Waals surface area contributed by atoms with E-state index in [4.69, 9.17) is 5.21 Å². The van der Waals surface area contributed by atoms with Crippen LogP contribution < -0.4 is 10.8 Å². The van der Waals surface area contributed by atoms with Crippen LogP contribution in [-0.4, -0.2) is 40.1 Å². The van der Waals surface area contributed by atoms with Crippen LogP contribution in [0.5, 0.6) is 0 Å². The summed E-state index contributed by atoms with van der Waals surface area (Å²) in [6, 6.07) is 11.6. The van der Waals surface area contributed by atoms with Crippen molar-refractivity contribution in [3.63, 3.8) is 0 Å². The molecule has 0 spiro atoms. The smallest absolute Gasteiger partial charge is 0.321 e. The first kappa shape index (κ1) is 19.8. The maximum atomic E-state index is 12.5. The lowest BCUT2D eigenvalue weighted by Crippen LogP contribution is -2.41. The number of hydrogen-bond donors (Lipinski definition) is 3. The average molecular weight is 382 g/mol. The van der Waals surface area contributed by atoms with Gasteiger partial charge in [0.05, 0.1) is 0 Å². The molecule has 0 unspecified atom stereocenters. The van der Waals surface area contributed by atoms with E-state index in [-0.39, 0.29) is 11.9 Å².